The molecule has 0 bridgehead atoms. The fourth-order valence-electron chi connectivity index (χ4n) is 2.01. The van der Waals surface area contributed by atoms with Crippen LogP contribution in [-0.4, -0.2) is 54.4 Å². The van der Waals surface area contributed by atoms with Crippen LogP contribution in [0, 0.1) is 0 Å². The van der Waals surface area contributed by atoms with E-state index in [9.17, 15) is 0 Å². The molecule has 1 unspecified atom stereocenters. The summed E-state index contributed by atoms with van der Waals surface area (Å²) in [5, 5.41) is 7.36. The lowest BCUT2D eigenvalue weighted by atomic mass is 9.97. The average Bonchev–Trinajstić information content (AvgIpc) is 2.78. The summed E-state index contributed by atoms with van der Waals surface area (Å²) in [6.45, 7) is 10.4. The third kappa shape index (κ3) is 4.26. The predicted molar refractivity (Wildman–Crippen MR) is 71.9 cm³/mol. The molecule has 1 atom stereocenters. The highest BCUT2D eigenvalue weighted by Gasteiger charge is 2.22. The molecule has 0 saturated carbocycles. The van der Waals surface area contributed by atoms with Crippen molar-refractivity contribution in [2.45, 2.75) is 38.8 Å². The maximum absolute atomic E-state index is 5.68. The number of morpholine rings is 1. The highest BCUT2D eigenvalue weighted by Crippen LogP contribution is 2.19. The van der Waals surface area contributed by atoms with Crippen LogP contribution >= 0.6 is 0 Å². The van der Waals surface area contributed by atoms with Crippen molar-refractivity contribution in [3.8, 4) is 0 Å². The summed E-state index contributed by atoms with van der Waals surface area (Å²) in [5.74, 6) is 1.42. The molecule has 2 heterocycles. The Morgan fingerprint density at radius 3 is 2.79 bits per heavy atom. The van der Waals surface area contributed by atoms with E-state index >= 15 is 0 Å². The molecule has 1 N–H and O–H groups in total. The molecule has 0 aromatic carbocycles. The second-order valence-corrected chi connectivity index (χ2v) is 6.16. The van der Waals surface area contributed by atoms with Gasteiger partial charge in [0.1, 0.15) is 0 Å². The fourth-order valence-corrected chi connectivity index (χ4v) is 2.01. The number of hydrogen-bond acceptors (Lipinski definition) is 6. The van der Waals surface area contributed by atoms with Crippen LogP contribution < -0.4 is 5.32 Å². The van der Waals surface area contributed by atoms with E-state index in [1.54, 1.807) is 0 Å². The van der Waals surface area contributed by atoms with Gasteiger partial charge in [0.15, 0.2) is 5.82 Å². The quantitative estimate of drug-likeness (QED) is 0.871. The van der Waals surface area contributed by atoms with Crippen molar-refractivity contribution in [2.75, 3.05) is 33.3 Å². The van der Waals surface area contributed by atoms with Crippen molar-refractivity contribution < 1.29 is 9.26 Å². The summed E-state index contributed by atoms with van der Waals surface area (Å²) in [7, 11) is 2.05. The lowest BCUT2D eigenvalue weighted by molar-refractivity contribution is 0.00840. The van der Waals surface area contributed by atoms with Gasteiger partial charge in [0.2, 0.25) is 5.89 Å². The molecule has 6 nitrogen and oxygen atoms in total. The number of ether oxygens (including phenoxy) is 1. The molecule has 1 aromatic heterocycles. The molecule has 6 heteroatoms. The molecular formula is C13H24N4O2. The smallest absolute Gasteiger partial charge is 0.232 e. The Labute approximate surface area is 114 Å². The van der Waals surface area contributed by atoms with Gasteiger partial charge in [0.25, 0.3) is 0 Å². The first kappa shape index (κ1) is 14.4. The second-order valence-electron chi connectivity index (χ2n) is 6.16. The first-order valence-corrected chi connectivity index (χ1v) is 6.79. The molecular weight excluding hydrogens is 244 g/mol. The summed E-state index contributed by atoms with van der Waals surface area (Å²) >= 11 is 0. The van der Waals surface area contributed by atoms with Gasteiger partial charge in [-0.3, -0.25) is 4.90 Å². The number of nitrogens with one attached hydrogen (secondary N) is 1. The van der Waals surface area contributed by atoms with Gasteiger partial charge < -0.3 is 14.6 Å². The van der Waals surface area contributed by atoms with Crippen molar-refractivity contribution in [1.82, 2.24) is 20.4 Å². The molecule has 0 aliphatic carbocycles. The number of rotatable bonds is 4. The molecule has 1 aliphatic rings. The summed E-state index contributed by atoms with van der Waals surface area (Å²) in [6, 6.07) is 0. The lowest BCUT2D eigenvalue weighted by Crippen LogP contribution is -2.44. The maximum Gasteiger partial charge on any atom is 0.232 e. The van der Waals surface area contributed by atoms with Crippen LogP contribution in [0.2, 0.25) is 0 Å². The molecule has 1 aliphatic heterocycles. The van der Waals surface area contributed by atoms with Crippen LogP contribution in [0.25, 0.3) is 0 Å². The third-order valence-electron chi connectivity index (χ3n) is 3.04. The van der Waals surface area contributed by atoms with E-state index in [0.717, 1.165) is 32.1 Å². The van der Waals surface area contributed by atoms with E-state index in [-0.39, 0.29) is 11.5 Å². The van der Waals surface area contributed by atoms with E-state index < -0.39 is 0 Å². The second kappa shape index (κ2) is 5.98. The van der Waals surface area contributed by atoms with Crippen molar-refractivity contribution in [2.24, 2.45) is 0 Å². The minimum absolute atomic E-state index is 0.0970. The van der Waals surface area contributed by atoms with Gasteiger partial charge in [-0.1, -0.05) is 25.9 Å². The van der Waals surface area contributed by atoms with Crippen molar-refractivity contribution >= 4 is 0 Å². The zero-order valence-corrected chi connectivity index (χ0v) is 12.3. The fraction of sp³-hybridized carbons (Fsp3) is 0.846. The zero-order chi connectivity index (χ0) is 13.9. The lowest BCUT2D eigenvalue weighted by Gasteiger charge is -2.27. The van der Waals surface area contributed by atoms with Crippen molar-refractivity contribution in [1.29, 1.82) is 0 Å². The van der Waals surface area contributed by atoms with Crippen LogP contribution in [0.1, 0.15) is 32.5 Å². The third-order valence-corrected chi connectivity index (χ3v) is 3.04. The number of nitrogens with zero attached hydrogens (tertiary/aromatic N) is 3. The van der Waals surface area contributed by atoms with Crippen LogP contribution in [0.15, 0.2) is 4.52 Å². The minimum atomic E-state index is -0.0970. The summed E-state index contributed by atoms with van der Waals surface area (Å²) in [4.78, 5) is 6.60. The molecule has 19 heavy (non-hydrogen) atoms. The van der Waals surface area contributed by atoms with Gasteiger partial charge in [-0.2, -0.15) is 4.98 Å². The normalized spacial score (nSPS) is 21.0. The molecule has 0 amide bonds. The van der Waals surface area contributed by atoms with Gasteiger partial charge in [-0.25, -0.2) is 0 Å². The van der Waals surface area contributed by atoms with Crippen LogP contribution in [0.5, 0.6) is 0 Å². The Hall–Kier alpha value is -0.980. The first-order valence-electron chi connectivity index (χ1n) is 6.79. The number of aromatic nitrogens is 2. The Morgan fingerprint density at radius 2 is 2.21 bits per heavy atom. The van der Waals surface area contributed by atoms with Crippen LogP contribution in [-0.2, 0) is 16.7 Å². The van der Waals surface area contributed by atoms with Gasteiger partial charge in [-0.05, 0) is 7.05 Å². The van der Waals surface area contributed by atoms with E-state index in [2.05, 4.69) is 41.1 Å². The first-order chi connectivity index (χ1) is 8.95. The Balaban J connectivity index is 1.84. The van der Waals surface area contributed by atoms with E-state index in [0.29, 0.717) is 12.4 Å². The Morgan fingerprint density at radius 1 is 1.42 bits per heavy atom. The van der Waals surface area contributed by atoms with Gasteiger partial charge in [0, 0.05) is 25.0 Å². The van der Waals surface area contributed by atoms with Crippen molar-refractivity contribution in [3.05, 3.63) is 11.7 Å². The minimum Gasteiger partial charge on any atom is -0.374 e. The summed E-state index contributed by atoms with van der Waals surface area (Å²) in [6.07, 6.45) is 0.243. The Kier molecular flexibility index (Phi) is 4.54. The molecule has 1 aromatic rings. The SMILES string of the molecule is CN(Cc1noc(C(C)(C)C)n1)CC1CNCCO1. The molecule has 108 valence electrons. The maximum atomic E-state index is 5.68. The highest BCUT2D eigenvalue weighted by molar-refractivity contribution is 4.98. The number of likely N-dealkylation sites (N-methyl/N-ethyl adjacent to an activating group) is 1. The summed E-state index contributed by atoms with van der Waals surface area (Å²) in [5.41, 5.74) is -0.0970. The van der Waals surface area contributed by atoms with Crippen LogP contribution in [0.3, 0.4) is 0 Å². The number of hydrogen-bond donors (Lipinski definition) is 1. The van der Waals surface area contributed by atoms with Crippen LogP contribution in [0.4, 0.5) is 0 Å². The Bertz CT molecular complexity index is 394. The summed E-state index contributed by atoms with van der Waals surface area (Å²) < 4.78 is 11.0. The van der Waals surface area contributed by atoms with Gasteiger partial charge in [0.05, 0.1) is 19.3 Å². The van der Waals surface area contributed by atoms with E-state index in [1.807, 2.05) is 7.05 Å². The van der Waals surface area contributed by atoms with Gasteiger partial charge in [-0.15, -0.1) is 0 Å². The molecule has 1 fully saturated rings. The van der Waals surface area contributed by atoms with Gasteiger partial charge >= 0.3 is 0 Å². The predicted octanol–water partition coefficient (Wildman–Crippen LogP) is 0.787. The molecule has 1 saturated heterocycles. The largest absolute Gasteiger partial charge is 0.374 e. The topological polar surface area (TPSA) is 63.4 Å². The van der Waals surface area contributed by atoms with Crippen molar-refractivity contribution in [3.63, 3.8) is 0 Å². The molecule has 2 rings (SSSR count). The highest BCUT2D eigenvalue weighted by atomic mass is 16.5. The van der Waals surface area contributed by atoms with E-state index in [1.165, 1.54) is 0 Å². The molecule has 0 spiro atoms. The standard InChI is InChI=1S/C13H24N4O2/c1-13(2,3)12-15-11(16-19-12)9-17(4)8-10-7-14-5-6-18-10/h10,14H,5-9H2,1-4H3. The monoisotopic (exact) mass is 268 g/mol. The zero-order valence-electron chi connectivity index (χ0n) is 12.3. The molecule has 0 radical (unpaired) electrons. The average molecular weight is 268 g/mol. The van der Waals surface area contributed by atoms with E-state index in [4.69, 9.17) is 9.26 Å².